The summed E-state index contributed by atoms with van der Waals surface area (Å²) in [5.41, 5.74) is -0.915. The number of benzene rings is 1. The van der Waals surface area contributed by atoms with Crippen molar-refractivity contribution in [2.24, 2.45) is 0 Å². The summed E-state index contributed by atoms with van der Waals surface area (Å²) in [5, 5.41) is -0.0368. The maximum Gasteiger partial charge on any atom is 0.416 e. The highest BCUT2D eigenvalue weighted by atomic mass is 32.2. The number of rotatable bonds is 5. The number of piperazine rings is 1. The lowest BCUT2D eigenvalue weighted by atomic mass is 10.2. The van der Waals surface area contributed by atoms with E-state index in [9.17, 15) is 31.2 Å². The molecule has 0 radical (unpaired) electrons. The monoisotopic (exact) mass is 451 g/mol. The second-order valence-electron chi connectivity index (χ2n) is 6.66. The maximum absolute atomic E-state index is 12.7. The molecule has 160 valence electrons. The van der Waals surface area contributed by atoms with Crippen molar-refractivity contribution in [3.8, 4) is 0 Å². The van der Waals surface area contributed by atoms with Crippen LogP contribution in [-0.2, 0) is 21.0 Å². The number of hydrogen-bond acceptors (Lipinski definition) is 5. The number of carbonyl (C=O) groups excluding carboxylic acids is 2. The van der Waals surface area contributed by atoms with Crippen LogP contribution in [0.3, 0.4) is 0 Å². The molecule has 1 aromatic carbocycles. The molecule has 0 bridgehead atoms. The normalized spacial score (nSPS) is 19.1. The summed E-state index contributed by atoms with van der Waals surface area (Å²) in [6.07, 6.45) is -4.36. The molecule has 0 unspecified atom stereocenters. The van der Waals surface area contributed by atoms with Crippen LogP contribution in [0.1, 0.15) is 12.0 Å². The molecule has 29 heavy (non-hydrogen) atoms. The third-order valence-electron chi connectivity index (χ3n) is 4.85. The molecule has 2 heterocycles. The highest BCUT2D eigenvalue weighted by Crippen LogP contribution is 2.30. The van der Waals surface area contributed by atoms with E-state index >= 15 is 0 Å². The van der Waals surface area contributed by atoms with Crippen molar-refractivity contribution in [3.05, 3.63) is 29.8 Å². The average Bonchev–Trinajstić information content (AvgIpc) is 3.10. The van der Waals surface area contributed by atoms with Gasteiger partial charge in [-0.2, -0.15) is 17.5 Å². The van der Waals surface area contributed by atoms with E-state index in [2.05, 4.69) is 0 Å². The van der Waals surface area contributed by atoms with Crippen molar-refractivity contribution in [1.82, 2.24) is 14.1 Å². The lowest BCUT2D eigenvalue weighted by Gasteiger charge is -2.34. The van der Waals surface area contributed by atoms with Crippen LogP contribution < -0.4 is 0 Å². The van der Waals surface area contributed by atoms with E-state index in [0.29, 0.717) is 18.8 Å². The Morgan fingerprint density at radius 1 is 1.03 bits per heavy atom. The summed E-state index contributed by atoms with van der Waals surface area (Å²) in [5.74, 6) is 0.564. The number of alkyl halides is 3. The van der Waals surface area contributed by atoms with Gasteiger partial charge in [0.15, 0.2) is 0 Å². The first kappa shape index (κ1) is 21.9. The summed E-state index contributed by atoms with van der Waals surface area (Å²) in [4.78, 5) is 26.8. The largest absolute Gasteiger partial charge is 0.416 e. The van der Waals surface area contributed by atoms with Gasteiger partial charge in [-0.15, -0.1) is 0 Å². The first-order valence-corrected chi connectivity index (χ1v) is 11.4. The number of halogens is 3. The molecule has 0 atom stereocenters. The molecule has 12 heteroatoms. The second kappa shape index (κ2) is 8.52. The highest BCUT2D eigenvalue weighted by molar-refractivity contribution is 8.13. The molecular weight excluding hydrogens is 431 g/mol. The first-order chi connectivity index (χ1) is 13.6. The van der Waals surface area contributed by atoms with E-state index in [-0.39, 0.29) is 48.6 Å². The minimum absolute atomic E-state index is 0.0368. The van der Waals surface area contributed by atoms with Crippen LogP contribution in [0.15, 0.2) is 29.2 Å². The molecule has 2 aliphatic rings. The fourth-order valence-electron chi connectivity index (χ4n) is 3.16. The van der Waals surface area contributed by atoms with Crippen molar-refractivity contribution in [2.45, 2.75) is 17.5 Å². The molecule has 0 spiro atoms. The molecular formula is C17H20F3N3O4S2. The second-order valence-corrected chi connectivity index (χ2v) is 9.64. The summed E-state index contributed by atoms with van der Waals surface area (Å²) in [6.45, 7) is 1.48. The minimum atomic E-state index is -4.54. The Morgan fingerprint density at radius 3 is 2.17 bits per heavy atom. The Hall–Kier alpha value is -1.79. The van der Waals surface area contributed by atoms with Crippen LogP contribution in [0.5, 0.6) is 0 Å². The van der Waals surface area contributed by atoms with Crippen molar-refractivity contribution in [1.29, 1.82) is 0 Å². The Labute approximate surface area is 170 Å². The Kier molecular flexibility index (Phi) is 6.44. The quantitative estimate of drug-likeness (QED) is 0.685. The number of sulfonamides is 1. The molecule has 0 aliphatic carbocycles. The van der Waals surface area contributed by atoms with Crippen LogP contribution in [0.4, 0.5) is 18.0 Å². The first-order valence-electron chi connectivity index (χ1n) is 8.96. The fraction of sp³-hybridized carbons (Fsp3) is 0.529. The van der Waals surface area contributed by atoms with Crippen molar-refractivity contribution in [3.63, 3.8) is 0 Å². The molecule has 2 saturated heterocycles. The molecule has 1 aromatic rings. The zero-order valence-corrected chi connectivity index (χ0v) is 17.0. The van der Waals surface area contributed by atoms with E-state index in [1.807, 2.05) is 0 Å². The molecule has 2 amide bonds. The Morgan fingerprint density at radius 2 is 1.66 bits per heavy atom. The zero-order valence-electron chi connectivity index (χ0n) is 15.4. The zero-order chi connectivity index (χ0) is 21.2. The number of amides is 2. The summed E-state index contributed by atoms with van der Waals surface area (Å²) >= 11 is 1.22. The topological polar surface area (TPSA) is 78.0 Å². The van der Waals surface area contributed by atoms with E-state index in [1.54, 1.807) is 9.80 Å². The fourth-order valence-corrected chi connectivity index (χ4v) is 5.43. The smallest absolute Gasteiger partial charge is 0.340 e. The number of nitrogens with zero attached hydrogens (tertiary/aromatic N) is 3. The van der Waals surface area contributed by atoms with Gasteiger partial charge in [0.25, 0.3) is 5.24 Å². The number of carbonyl (C=O) groups is 2. The van der Waals surface area contributed by atoms with Crippen molar-refractivity contribution >= 4 is 32.9 Å². The number of hydrogen-bond donors (Lipinski definition) is 0. The van der Waals surface area contributed by atoms with Gasteiger partial charge in [0, 0.05) is 51.4 Å². The van der Waals surface area contributed by atoms with Gasteiger partial charge in [0.2, 0.25) is 15.9 Å². The van der Waals surface area contributed by atoms with Crippen LogP contribution in [0.25, 0.3) is 0 Å². The van der Waals surface area contributed by atoms with E-state index in [1.165, 1.54) is 16.1 Å². The molecule has 2 aliphatic heterocycles. The molecule has 7 nitrogen and oxygen atoms in total. The van der Waals surface area contributed by atoms with E-state index < -0.39 is 21.8 Å². The predicted molar refractivity (Wildman–Crippen MR) is 101 cm³/mol. The van der Waals surface area contributed by atoms with Crippen LogP contribution in [-0.4, -0.2) is 78.7 Å². The van der Waals surface area contributed by atoms with Crippen LogP contribution in [0.2, 0.25) is 0 Å². The van der Waals surface area contributed by atoms with Gasteiger partial charge in [-0.05, 0) is 24.3 Å². The Balaban J connectivity index is 1.55. The molecule has 0 saturated carbocycles. The third kappa shape index (κ3) is 5.04. The maximum atomic E-state index is 12.7. The molecule has 0 aromatic heterocycles. The lowest BCUT2D eigenvalue weighted by molar-refractivity contribution is -0.137. The van der Waals surface area contributed by atoms with Gasteiger partial charge in [-0.1, -0.05) is 11.8 Å². The van der Waals surface area contributed by atoms with E-state index in [4.69, 9.17) is 0 Å². The van der Waals surface area contributed by atoms with Crippen molar-refractivity contribution < 1.29 is 31.2 Å². The van der Waals surface area contributed by atoms with Crippen LogP contribution in [0, 0.1) is 0 Å². The van der Waals surface area contributed by atoms with E-state index in [0.717, 1.165) is 24.3 Å². The van der Waals surface area contributed by atoms with Gasteiger partial charge in [0.1, 0.15) is 0 Å². The van der Waals surface area contributed by atoms with Gasteiger partial charge in [-0.3, -0.25) is 9.59 Å². The van der Waals surface area contributed by atoms with Gasteiger partial charge in [0.05, 0.1) is 10.5 Å². The minimum Gasteiger partial charge on any atom is -0.340 e. The molecule has 2 fully saturated rings. The predicted octanol–water partition coefficient (Wildman–Crippen LogP) is 2.10. The lowest BCUT2D eigenvalue weighted by Crippen LogP contribution is -2.50. The van der Waals surface area contributed by atoms with Crippen molar-refractivity contribution in [2.75, 3.05) is 45.0 Å². The van der Waals surface area contributed by atoms with Gasteiger partial charge >= 0.3 is 6.18 Å². The highest BCUT2D eigenvalue weighted by Gasteiger charge is 2.33. The summed E-state index contributed by atoms with van der Waals surface area (Å²) in [6, 6.07) is 3.37. The molecule has 0 N–H and O–H groups in total. The summed E-state index contributed by atoms with van der Waals surface area (Å²) in [7, 11) is -3.93. The molecule has 3 rings (SSSR count). The standard InChI is InChI=1S/C17H20F3N3O4S2/c18-17(19,20)13-1-3-14(4-2-13)29(26,27)23-9-7-21(8-10-23)15(24)5-6-22-11-12-28-16(22)25/h1-4H,5-12H2. The van der Waals surface area contributed by atoms with Crippen LogP contribution >= 0.6 is 11.8 Å². The van der Waals surface area contributed by atoms with Gasteiger partial charge in [-0.25, -0.2) is 8.42 Å². The van der Waals surface area contributed by atoms with Gasteiger partial charge < -0.3 is 9.80 Å². The average molecular weight is 451 g/mol. The summed E-state index contributed by atoms with van der Waals surface area (Å²) < 4.78 is 64.4. The SMILES string of the molecule is O=C(CCN1CCSC1=O)N1CCN(S(=O)(=O)c2ccc(C(F)(F)F)cc2)CC1. The number of thioether (sulfide) groups is 1. The Bertz CT molecular complexity index is 867. The third-order valence-corrected chi connectivity index (χ3v) is 7.66.